The molecule has 0 fully saturated rings. The number of anilines is 1. The van der Waals surface area contributed by atoms with E-state index in [9.17, 15) is 0 Å². The maximum absolute atomic E-state index is 5.17. The van der Waals surface area contributed by atoms with Crippen molar-refractivity contribution in [1.82, 2.24) is 9.97 Å². The minimum atomic E-state index is 0.799. The van der Waals surface area contributed by atoms with E-state index in [2.05, 4.69) is 21.2 Å². The van der Waals surface area contributed by atoms with E-state index in [1.807, 2.05) is 24.3 Å². The molecule has 0 unspecified atom stereocenters. The number of terminal acetylenes is 1. The van der Waals surface area contributed by atoms with E-state index in [-0.39, 0.29) is 0 Å². The van der Waals surface area contributed by atoms with E-state index in [1.165, 1.54) is 0 Å². The van der Waals surface area contributed by atoms with Crippen molar-refractivity contribution < 1.29 is 0 Å². The summed E-state index contributed by atoms with van der Waals surface area (Å²) in [5.41, 5.74) is 2.04. The number of hydrogen-bond donors (Lipinski definition) is 2. The van der Waals surface area contributed by atoms with Crippen LogP contribution in [0.3, 0.4) is 0 Å². The van der Waals surface area contributed by atoms with Gasteiger partial charge < -0.3 is 10.3 Å². The monoisotopic (exact) mass is 199 g/mol. The van der Waals surface area contributed by atoms with E-state index in [0.29, 0.717) is 0 Å². The Labute approximate surface area is 88.9 Å². The van der Waals surface area contributed by atoms with Gasteiger partial charge in [0.2, 0.25) is 5.95 Å². The van der Waals surface area contributed by atoms with Crippen LogP contribution in [-0.4, -0.2) is 16.5 Å². The quantitative estimate of drug-likeness (QED) is 0.586. The Balaban J connectivity index is 2.00. The molecular weight excluding hydrogens is 186 g/mol. The van der Waals surface area contributed by atoms with Gasteiger partial charge in [-0.05, 0) is 18.6 Å². The van der Waals surface area contributed by atoms with Gasteiger partial charge in [0.05, 0.1) is 11.0 Å². The number of unbranched alkanes of at least 4 members (excludes halogenated alkanes) is 1. The molecular formula is C12H13N3. The summed E-state index contributed by atoms with van der Waals surface area (Å²) in [6, 6.07) is 7.96. The van der Waals surface area contributed by atoms with Gasteiger partial charge in [-0.3, -0.25) is 0 Å². The van der Waals surface area contributed by atoms with Crippen molar-refractivity contribution in [2.75, 3.05) is 11.9 Å². The number of imidazole rings is 1. The number of hydrogen-bond acceptors (Lipinski definition) is 2. The minimum Gasteiger partial charge on any atom is -0.356 e. The molecule has 0 saturated heterocycles. The smallest absolute Gasteiger partial charge is 0.201 e. The number of benzene rings is 1. The molecule has 2 N–H and O–H groups in total. The summed E-state index contributed by atoms with van der Waals surface area (Å²) in [7, 11) is 0. The lowest BCUT2D eigenvalue weighted by Gasteiger charge is -1.98. The first-order valence-corrected chi connectivity index (χ1v) is 5.02. The number of aromatic amines is 1. The molecule has 15 heavy (non-hydrogen) atoms. The SMILES string of the molecule is C#CCCCNc1nc2ccccc2[nH]1. The fourth-order valence-electron chi connectivity index (χ4n) is 1.43. The second-order valence-corrected chi connectivity index (χ2v) is 3.34. The van der Waals surface area contributed by atoms with E-state index in [4.69, 9.17) is 6.42 Å². The molecule has 0 atom stereocenters. The Morgan fingerprint density at radius 1 is 1.40 bits per heavy atom. The molecule has 1 aromatic carbocycles. The highest BCUT2D eigenvalue weighted by Crippen LogP contribution is 2.12. The third-order valence-corrected chi connectivity index (χ3v) is 2.18. The van der Waals surface area contributed by atoms with Crippen LogP contribution in [0.25, 0.3) is 11.0 Å². The predicted molar refractivity (Wildman–Crippen MR) is 62.7 cm³/mol. The second kappa shape index (κ2) is 4.52. The van der Waals surface area contributed by atoms with Gasteiger partial charge in [0.25, 0.3) is 0 Å². The third-order valence-electron chi connectivity index (χ3n) is 2.18. The molecule has 2 aromatic rings. The lowest BCUT2D eigenvalue weighted by molar-refractivity contribution is 0.898. The molecule has 0 aliphatic heterocycles. The molecule has 0 aliphatic carbocycles. The van der Waals surface area contributed by atoms with Crippen LogP contribution in [0.4, 0.5) is 5.95 Å². The summed E-state index contributed by atoms with van der Waals surface area (Å²) in [5.74, 6) is 3.42. The van der Waals surface area contributed by atoms with Gasteiger partial charge in [-0.15, -0.1) is 12.3 Å². The van der Waals surface area contributed by atoms with Crippen molar-refractivity contribution in [2.24, 2.45) is 0 Å². The Morgan fingerprint density at radius 2 is 2.27 bits per heavy atom. The van der Waals surface area contributed by atoms with E-state index >= 15 is 0 Å². The molecule has 0 bridgehead atoms. The largest absolute Gasteiger partial charge is 0.356 e. The van der Waals surface area contributed by atoms with Gasteiger partial charge in [-0.1, -0.05) is 12.1 Å². The number of para-hydroxylation sites is 2. The summed E-state index contributed by atoms with van der Waals surface area (Å²) in [6.45, 7) is 0.851. The third kappa shape index (κ3) is 2.29. The zero-order valence-electron chi connectivity index (χ0n) is 8.46. The van der Waals surface area contributed by atoms with Gasteiger partial charge in [-0.2, -0.15) is 0 Å². The van der Waals surface area contributed by atoms with E-state index in [0.717, 1.165) is 36.4 Å². The van der Waals surface area contributed by atoms with Crippen molar-refractivity contribution in [2.45, 2.75) is 12.8 Å². The standard InChI is InChI=1S/C12H13N3/c1-2-3-6-9-13-12-14-10-7-4-5-8-11(10)15-12/h1,4-5,7-8H,3,6,9H2,(H2,13,14,15). The molecule has 0 radical (unpaired) electrons. The van der Waals surface area contributed by atoms with Crippen molar-refractivity contribution in [3.05, 3.63) is 24.3 Å². The molecule has 0 spiro atoms. The molecule has 0 amide bonds. The molecule has 2 rings (SSSR count). The summed E-state index contributed by atoms with van der Waals surface area (Å²) in [5, 5.41) is 3.21. The molecule has 0 aliphatic rings. The van der Waals surface area contributed by atoms with Crippen LogP contribution in [0.15, 0.2) is 24.3 Å². The van der Waals surface area contributed by atoms with Crippen molar-refractivity contribution in [3.8, 4) is 12.3 Å². The minimum absolute atomic E-state index is 0.799. The van der Waals surface area contributed by atoms with Crippen LogP contribution in [0.1, 0.15) is 12.8 Å². The van der Waals surface area contributed by atoms with Gasteiger partial charge in [0, 0.05) is 13.0 Å². The first-order valence-electron chi connectivity index (χ1n) is 5.02. The first kappa shape index (κ1) is 9.60. The van der Waals surface area contributed by atoms with Crippen LogP contribution >= 0.6 is 0 Å². The number of rotatable bonds is 4. The summed E-state index contributed by atoms with van der Waals surface area (Å²) < 4.78 is 0. The summed E-state index contributed by atoms with van der Waals surface area (Å²) in [4.78, 5) is 7.59. The fourth-order valence-corrected chi connectivity index (χ4v) is 1.43. The summed E-state index contributed by atoms with van der Waals surface area (Å²) >= 11 is 0. The maximum atomic E-state index is 5.17. The lowest BCUT2D eigenvalue weighted by atomic mass is 10.3. The molecule has 3 nitrogen and oxygen atoms in total. The van der Waals surface area contributed by atoms with Crippen molar-refractivity contribution in [1.29, 1.82) is 0 Å². The Bertz CT molecular complexity index is 446. The Morgan fingerprint density at radius 3 is 3.07 bits per heavy atom. The zero-order chi connectivity index (χ0) is 10.5. The average molecular weight is 199 g/mol. The van der Waals surface area contributed by atoms with Crippen molar-refractivity contribution >= 4 is 17.0 Å². The van der Waals surface area contributed by atoms with Crippen LogP contribution < -0.4 is 5.32 Å². The zero-order valence-corrected chi connectivity index (χ0v) is 8.46. The van der Waals surface area contributed by atoms with Gasteiger partial charge in [-0.25, -0.2) is 4.98 Å². The fraction of sp³-hybridized carbons (Fsp3) is 0.250. The van der Waals surface area contributed by atoms with Crippen LogP contribution in [0.2, 0.25) is 0 Å². The highest BCUT2D eigenvalue weighted by molar-refractivity contribution is 5.77. The van der Waals surface area contributed by atoms with Crippen LogP contribution in [0, 0.1) is 12.3 Å². The topological polar surface area (TPSA) is 40.7 Å². The number of aromatic nitrogens is 2. The summed E-state index contributed by atoms with van der Waals surface area (Å²) in [6.07, 6.45) is 6.93. The molecule has 0 saturated carbocycles. The molecule has 1 aromatic heterocycles. The first-order chi connectivity index (χ1) is 7.40. The Hall–Kier alpha value is -1.95. The predicted octanol–water partition coefficient (Wildman–Crippen LogP) is 2.39. The molecule has 1 heterocycles. The van der Waals surface area contributed by atoms with Gasteiger partial charge in [0.15, 0.2) is 0 Å². The molecule has 76 valence electrons. The maximum Gasteiger partial charge on any atom is 0.201 e. The van der Waals surface area contributed by atoms with Crippen molar-refractivity contribution in [3.63, 3.8) is 0 Å². The highest BCUT2D eigenvalue weighted by atomic mass is 15.1. The Kier molecular flexibility index (Phi) is 2.89. The number of nitrogens with zero attached hydrogens (tertiary/aromatic N) is 1. The number of nitrogens with one attached hydrogen (secondary N) is 2. The average Bonchev–Trinajstić information content (AvgIpc) is 2.67. The van der Waals surface area contributed by atoms with Gasteiger partial charge >= 0.3 is 0 Å². The second-order valence-electron chi connectivity index (χ2n) is 3.34. The lowest BCUT2D eigenvalue weighted by Crippen LogP contribution is -2.02. The number of H-pyrrole nitrogens is 1. The van der Waals surface area contributed by atoms with Crippen LogP contribution in [0.5, 0.6) is 0 Å². The van der Waals surface area contributed by atoms with Crippen LogP contribution in [-0.2, 0) is 0 Å². The van der Waals surface area contributed by atoms with E-state index < -0.39 is 0 Å². The normalized spacial score (nSPS) is 10.1. The highest BCUT2D eigenvalue weighted by Gasteiger charge is 1.99. The van der Waals surface area contributed by atoms with E-state index in [1.54, 1.807) is 0 Å². The number of fused-ring (bicyclic) bond motifs is 1. The molecule has 3 heteroatoms. The van der Waals surface area contributed by atoms with Gasteiger partial charge in [0.1, 0.15) is 0 Å².